The van der Waals surface area contributed by atoms with Crippen molar-refractivity contribution >= 4 is 23.5 Å². The van der Waals surface area contributed by atoms with Crippen LogP contribution in [0.15, 0.2) is 72.8 Å². The molecule has 3 rings (SSSR count). The minimum absolute atomic E-state index is 0.0780. The molecule has 0 aliphatic rings. The fraction of sp³-hybridized carbons (Fsp3) is 0.130. The molecule has 0 bridgehead atoms. The van der Waals surface area contributed by atoms with Crippen molar-refractivity contribution in [2.75, 3.05) is 13.7 Å². The van der Waals surface area contributed by atoms with Crippen molar-refractivity contribution in [3.05, 3.63) is 94.5 Å². The molecule has 0 aromatic heterocycles. The fourth-order valence-electron chi connectivity index (χ4n) is 2.64. The first kappa shape index (κ1) is 20.4. The van der Waals surface area contributed by atoms with Crippen LogP contribution in [0.1, 0.15) is 26.3 Å². The van der Waals surface area contributed by atoms with E-state index in [0.29, 0.717) is 22.9 Å². The molecule has 0 saturated heterocycles. The van der Waals surface area contributed by atoms with Gasteiger partial charge in [0, 0.05) is 11.4 Å². The van der Waals surface area contributed by atoms with Gasteiger partial charge in [-0.05, 0) is 48.0 Å². The number of rotatable bonds is 7. The molecule has 3 aromatic rings. The Balaban J connectivity index is 1.61. The molecule has 5 nitrogen and oxygen atoms in total. The maximum Gasteiger partial charge on any atom is 0.343 e. The number of methoxy groups -OCH3 is 1. The molecule has 0 saturated carbocycles. The Morgan fingerprint density at radius 2 is 1.62 bits per heavy atom. The normalized spacial score (nSPS) is 10.3. The van der Waals surface area contributed by atoms with Crippen LogP contribution in [0.5, 0.6) is 11.5 Å². The summed E-state index contributed by atoms with van der Waals surface area (Å²) in [5.41, 5.74) is 1.59. The van der Waals surface area contributed by atoms with Gasteiger partial charge >= 0.3 is 11.9 Å². The Bertz CT molecular complexity index is 984. The topological polar surface area (TPSA) is 61.8 Å². The summed E-state index contributed by atoms with van der Waals surface area (Å²) in [6.45, 7) is 0.529. The van der Waals surface area contributed by atoms with Gasteiger partial charge in [0.2, 0.25) is 0 Å². The minimum Gasteiger partial charge on any atom is -0.493 e. The predicted octanol–water partition coefficient (Wildman–Crippen LogP) is 4.97. The van der Waals surface area contributed by atoms with Crippen molar-refractivity contribution in [1.82, 2.24) is 0 Å². The summed E-state index contributed by atoms with van der Waals surface area (Å²) in [6.07, 6.45) is 0.789. The summed E-state index contributed by atoms with van der Waals surface area (Å²) < 4.78 is 15.8. The van der Waals surface area contributed by atoms with E-state index in [2.05, 4.69) is 0 Å². The number of hydrogen-bond acceptors (Lipinski definition) is 5. The summed E-state index contributed by atoms with van der Waals surface area (Å²) in [5, 5.41) is 0.335. The van der Waals surface area contributed by atoms with Crippen LogP contribution in [0.3, 0.4) is 0 Å². The van der Waals surface area contributed by atoms with Crippen LogP contribution in [-0.4, -0.2) is 25.7 Å². The largest absolute Gasteiger partial charge is 0.493 e. The molecule has 29 heavy (non-hydrogen) atoms. The zero-order chi connectivity index (χ0) is 20.6. The molecule has 0 atom stereocenters. The first-order chi connectivity index (χ1) is 14.1. The number of esters is 2. The summed E-state index contributed by atoms with van der Waals surface area (Å²) >= 11 is 5.91. The second-order valence-corrected chi connectivity index (χ2v) is 6.57. The van der Waals surface area contributed by atoms with Gasteiger partial charge in [0.15, 0.2) is 0 Å². The summed E-state index contributed by atoms with van der Waals surface area (Å²) in [6, 6.07) is 21.0. The average Bonchev–Trinajstić information content (AvgIpc) is 2.75. The van der Waals surface area contributed by atoms with Crippen molar-refractivity contribution in [2.24, 2.45) is 0 Å². The molecule has 0 aliphatic carbocycles. The van der Waals surface area contributed by atoms with Crippen molar-refractivity contribution in [3.8, 4) is 11.5 Å². The number of carbonyl (C=O) groups is 2. The van der Waals surface area contributed by atoms with Crippen LogP contribution in [0.2, 0.25) is 5.02 Å². The van der Waals surface area contributed by atoms with Gasteiger partial charge in [-0.2, -0.15) is 0 Å². The Hall–Kier alpha value is -3.31. The molecule has 3 aromatic carbocycles. The number of hydrogen-bond donors (Lipinski definition) is 0. The predicted molar refractivity (Wildman–Crippen MR) is 110 cm³/mol. The van der Waals surface area contributed by atoms with E-state index < -0.39 is 11.9 Å². The third kappa shape index (κ3) is 5.59. The van der Waals surface area contributed by atoms with E-state index in [0.717, 1.165) is 6.42 Å². The molecule has 0 radical (unpaired) electrons. The molecule has 0 spiro atoms. The average molecular weight is 411 g/mol. The van der Waals surface area contributed by atoms with Crippen molar-refractivity contribution in [1.29, 1.82) is 0 Å². The molecule has 6 heteroatoms. The second kappa shape index (κ2) is 9.75. The monoisotopic (exact) mass is 410 g/mol. The van der Waals surface area contributed by atoms with Crippen LogP contribution >= 0.6 is 11.6 Å². The lowest BCUT2D eigenvalue weighted by molar-refractivity contribution is 0.0593. The maximum atomic E-state index is 12.4. The quantitative estimate of drug-likeness (QED) is 0.406. The van der Waals surface area contributed by atoms with Crippen LogP contribution in [0.25, 0.3) is 0 Å². The Morgan fingerprint density at radius 1 is 0.897 bits per heavy atom. The lowest BCUT2D eigenvalue weighted by Crippen LogP contribution is -2.12. The van der Waals surface area contributed by atoms with Gasteiger partial charge in [-0.15, -0.1) is 0 Å². The van der Waals surface area contributed by atoms with Crippen molar-refractivity contribution in [3.63, 3.8) is 0 Å². The molecule has 148 valence electrons. The van der Waals surface area contributed by atoms with E-state index in [1.807, 2.05) is 30.3 Å². The van der Waals surface area contributed by atoms with Gasteiger partial charge < -0.3 is 14.2 Å². The molecular weight excluding hydrogens is 392 g/mol. The molecule has 0 N–H and O–H groups in total. The van der Waals surface area contributed by atoms with Gasteiger partial charge in [0.05, 0.1) is 19.3 Å². The van der Waals surface area contributed by atoms with E-state index >= 15 is 0 Å². The van der Waals surface area contributed by atoms with Crippen LogP contribution in [0, 0.1) is 0 Å². The van der Waals surface area contributed by atoms with E-state index in [1.54, 1.807) is 24.3 Å². The standard InChI is InChI=1S/C23H19ClO5/c1-27-23(26)20-15-18(24)9-12-21(20)29-22(25)17-7-10-19(11-8-17)28-14-13-16-5-3-2-4-6-16/h2-12,15H,13-14H2,1H3. The number of benzene rings is 3. The minimum atomic E-state index is -0.641. The summed E-state index contributed by atoms with van der Waals surface area (Å²) in [5.74, 6) is -0.514. The van der Waals surface area contributed by atoms with Gasteiger partial charge in [-0.3, -0.25) is 0 Å². The smallest absolute Gasteiger partial charge is 0.343 e. The lowest BCUT2D eigenvalue weighted by atomic mass is 10.2. The van der Waals surface area contributed by atoms with E-state index in [4.69, 9.17) is 25.8 Å². The van der Waals surface area contributed by atoms with Gasteiger partial charge in [-0.25, -0.2) is 9.59 Å². The van der Waals surface area contributed by atoms with Gasteiger partial charge in [0.1, 0.15) is 17.1 Å². The van der Waals surface area contributed by atoms with Crippen molar-refractivity contribution < 1.29 is 23.8 Å². The molecule has 0 fully saturated rings. The van der Waals surface area contributed by atoms with E-state index in [-0.39, 0.29) is 11.3 Å². The third-order valence-electron chi connectivity index (χ3n) is 4.14. The Labute approximate surface area is 173 Å². The van der Waals surface area contributed by atoms with Gasteiger partial charge in [-0.1, -0.05) is 41.9 Å². The highest BCUT2D eigenvalue weighted by Crippen LogP contribution is 2.25. The number of ether oxygens (including phenoxy) is 3. The van der Waals surface area contributed by atoms with Gasteiger partial charge in [0.25, 0.3) is 0 Å². The summed E-state index contributed by atoms with van der Waals surface area (Å²) in [4.78, 5) is 24.3. The molecular formula is C23H19ClO5. The van der Waals surface area contributed by atoms with E-state index in [1.165, 1.54) is 30.9 Å². The molecule has 0 aliphatic heterocycles. The zero-order valence-corrected chi connectivity index (χ0v) is 16.5. The number of halogens is 1. The third-order valence-corrected chi connectivity index (χ3v) is 4.38. The second-order valence-electron chi connectivity index (χ2n) is 6.13. The van der Waals surface area contributed by atoms with Crippen LogP contribution < -0.4 is 9.47 Å². The highest BCUT2D eigenvalue weighted by molar-refractivity contribution is 6.31. The van der Waals surface area contributed by atoms with Crippen molar-refractivity contribution in [2.45, 2.75) is 6.42 Å². The first-order valence-corrected chi connectivity index (χ1v) is 9.31. The van der Waals surface area contributed by atoms with Crippen LogP contribution in [-0.2, 0) is 11.2 Å². The fourth-order valence-corrected chi connectivity index (χ4v) is 2.81. The SMILES string of the molecule is COC(=O)c1cc(Cl)ccc1OC(=O)c1ccc(OCCc2ccccc2)cc1. The molecule has 0 amide bonds. The Kier molecular flexibility index (Phi) is 6.87. The first-order valence-electron chi connectivity index (χ1n) is 8.93. The zero-order valence-electron chi connectivity index (χ0n) is 15.8. The highest BCUT2D eigenvalue weighted by Gasteiger charge is 2.17. The maximum absolute atomic E-state index is 12.4. The highest BCUT2D eigenvalue weighted by atomic mass is 35.5. The molecule has 0 unspecified atom stereocenters. The van der Waals surface area contributed by atoms with Crippen LogP contribution in [0.4, 0.5) is 0 Å². The number of carbonyl (C=O) groups excluding carboxylic acids is 2. The summed E-state index contributed by atoms with van der Waals surface area (Å²) in [7, 11) is 1.24. The van der Waals surface area contributed by atoms with E-state index in [9.17, 15) is 9.59 Å². The Morgan fingerprint density at radius 3 is 2.31 bits per heavy atom. The lowest BCUT2D eigenvalue weighted by Gasteiger charge is -2.10. The molecule has 0 heterocycles.